The molecule has 0 saturated heterocycles. The Morgan fingerprint density at radius 2 is 2.14 bits per heavy atom. The number of furan rings is 1. The van der Waals surface area contributed by atoms with Crippen molar-refractivity contribution in [2.45, 2.75) is 6.61 Å². The number of aliphatic hydroxyl groups is 1. The Bertz CT molecular complexity index is 906. The SMILES string of the molecule is OCc1ccc(-c2nccn2-c2ccc3ncsc3c2)o1. The van der Waals surface area contributed by atoms with Crippen molar-refractivity contribution in [2.24, 2.45) is 0 Å². The zero-order chi connectivity index (χ0) is 14.2. The van der Waals surface area contributed by atoms with Crippen molar-refractivity contribution in [3.8, 4) is 17.3 Å². The Morgan fingerprint density at radius 3 is 3.00 bits per heavy atom. The van der Waals surface area contributed by atoms with Crippen molar-refractivity contribution in [3.05, 3.63) is 54.0 Å². The van der Waals surface area contributed by atoms with E-state index in [2.05, 4.69) is 16.0 Å². The minimum absolute atomic E-state index is 0.118. The Morgan fingerprint density at radius 1 is 1.19 bits per heavy atom. The summed E-state index contributed by atoms with van der Waals surface area (Å²) in [7, 11) is 0. The lowest BCUT2D eigenvalue weighted by molar-refractivity contribution is 0.248. The molecule has 0 aliphatic rings. The van der Waals surface area contributed by atoms with Crippen LogP contribution in [-0.4, -0.2) is 19.6 Å². The average Bonchev–Trinajstić information content (AvgIpc) is 3.24. The second-order valence-electron chi connectivity index (χ2n) is 4.55. The van der Waals surface area contributed by atoms with Gasteiger partial charge in [-0.05, 0) is 30.3 Å². The second kappa shape index (κ2) is 4.83. The maximum absolute atomic E-state index is 9.10. The zero-order valence-electron chi connectivity index (χ0n) is 10.9. The van der Waals surface area contributed by atoms with E-state index in [4.69, 9.17) is 9.52 Å². The third-order valence-corrected chi connectivity index (χ3v) is 4.06. The molecule has 0 aliphatic carbocycles. The lowest BCUT2D eigenvalue weighted by Gasteiger charge is -2.06. The number of aliphatic hydroxyl groups excluding tert-OH is 1. The lowest BCUT2D eigenvalue weighted by atomic mass is 10.3. The third kappa shape index (κ3) is 2.05. The number of hydrogen-bond acceptors (Lipinski definition) is 5. The van der Waals surface area contributed by atoms with Crippen LogP contribution in [0.5, 0.6) is 0 Å². The summed E-state index contributed by atoms with van der Waals surface area (Å²) in [6, 6.07) is 9.64. The third-order valence-electron chi connectivity index (χ3n) is 3.27. The summed E-state index contributed by atoms with van der Waals surface area (Å²) in [5, 5.41) is 9.10. The van der Waals surface area contributed by atoms with E-state index in [9.17, 15) is 0 Å². The Labute approximate surface area is 124 Å². The predicted octanol–water partition coefficient (Wildman–Crippen LogP) is 3.23. The van der Waals surface area contributed by atoms with Gasteiger partial charge in [0.1, 0.15) is 12.4 Å². The van der Waals surface area contributed by atoms with Crippen LogP contribution in [0.25, 0.3) is 27.5 Å². The van der Waals surface area contributed by atoms with Crippen molar-refractivity contribution in [3.63, 3.8) is 0 Å². The van der Waals surface area contributed by atoms with Crippen molar-refractivity contribution in [2.75, 3.05) is 0 Å². The van der Waals surface area contributed by atoms with Crippen LogP contribution in [0.1, 0.15) is 5.76 Å². The predicted molar refractivity (Wildman–Crippen MR) is 80.4 cm³/mol. The van der Waals surface area contributed by atoms with E-state index in [1.807, 2.05) is 34.5 Å². The quantitative estimate of drug-likeness (QED) is 0.630. The summed E-state index contributed by atoms with van der Waals surface area (Å²) in [5.74, 6) is 1.87. The van der Waals surface area contributed by atoms with Gasteiger partial charge in [0.25, 0.3) is 0 Å². The van der Waals surface area contributed by atoms with Crippen molar-refractivity contribution >= 4 is 21.6 Å². The number of nitrogens with zero attached hydrogens (tertiary/aromatic N) is 3. The molecule has 0 fully saturated rings. The molecule has 0 saturated carbocycles. The Hall–Kier alpha value is -2.44. The van der Waals surface area contributed by atoms with Crippen LogP contribution < -0.4 is 0 Å². The Kier molecular flexibility index (Phi) is 2.83. The van der Waals surface area contributed by atoms with E-state index >= 15 is 0 Å². The normalized spacial score (nSPS) is 11.3. The van der Waals surface area contributed by atoms with Gasteiger partial charge in [-0.1, -0.05) is 0 Å². The average molecular weight is 297 g/mol. The molecule has 1 aromatic carbocycles. The van der Waals surface area contributed by atoms with E-state index < -0.39 is 0 Å². The smallest absolute Gasteiger partial charge is 0.180 e. The minimum atomic E-state index is -0.118. The summed E-state index contributed by atoms with van der Waals surface area (Å²) in [4.78, 5) is 8.64. The highest BCUT2D eigenvalue weighted by Crippen LogP contribution is 2.26. The molecule has 5 nitrogen and oxygen atoms in total. The molecule has 0 aliphatic heterocycles. The first kappa shape index (κ1) is 12.3. The largest absolute Gasteiger partial charge is 0.455 e. The number of thiazole rings is 1. The summed E-state index contributed by atoms with van der Waals surface area (Å²) in [6.45, 7) is -0.118. The van der Waals surface area contributed by atoms with Gasteiger partial charge in [-0.3, -0.25) is 4.57 Å². The topological polar surface area (TPSA) is 64.1 Å². The van der Waals surface area contributed by atoms with Gasteiger partial charge >= 0.3 is 0 Å². The molecule has 104 valence electrons. The van der Waals surface area contributed by atoms with Crippen molar-refractivity contribution in [1.29, 1.82) is 0 Å². The summed E-state index contributed by atoms with van der Waals surface area (Å²) >= 11 is 1.61. The van der Waals surface area contributed by atoms with Gasteiger partial charge in [0.2, 0.25) is 0 Å². The van der Waals surface area contributed by atoms with Crippen LogP contribution >= 0.6 is 11.3 Å². The van der Waals surface area contributed by atoms with Crippen LogP contribution in [0.4, 0.5) is 0 Å². The molecule has 6 heteroatoms. The highest BCUT2D eigenvalue weighted by molar-refractivity contribution is 7.16. The molecule has 0 unspecified atom stereocenters. The molecule has 3 heterocycles. The molecule has 4 rings (SSSR count). The molecule has 3 aromatic heterocycles. The first-order valence-electron chi connectivity index (χ1n) is 6.42. The Balaban J connectivity index is 1.83. The van der Waals surface area contributed by atoms with Gasteiger partial charge in [-0.15, -0.1) is 11.3 Å². The fraction of sp³-hybridized carbons (Fsp3) is 0.0667. The number of imidazole rings is 1. The molecule has 0 radical (unpaired) electrons. The first-order valence-corrected chi connectivity index (χ1v) is 7.30. The molecule has 1 N–H and O–H groups in total. The van der Waals surface area contributed by atoms with Crippen molar-refractivity contribution < 1.29 is 9.52 Å². The molecule has 0 amide bonds. The van der Waals surface area contributed by atoms with Gasteiger partial charge in [0, 0.05) is 18.1 Å². The molecular weight excluding hydrogens is 286 g/mol. The van der Waals surface area contributed by atoms with Crippen LogP contribution in [0.2, 0.25) is 0 Å². The highest BCUT2D eigenvalue weighted by atomic mass is 32.1. The van der Waals surface area contributed by atoms with E-state index in [1.165, 1.54) is 0 Å². The number of fused-ring (bicyclic) bond motifs is 1. The zero-order valence-corrected chi connectivity index (χ0v) is 11.7. The first-order chi connectivity index (χ1) is 10.3. The number of aromatic nitrogens is 3. The lowest BCUT2D eigenvalue weighted by Crippen LogP contribution is -1.95. The van der Waals surface area contributed by atoms with Gasteiger partial charge in [-0.25, -0.2) is 9.97 Å². The molecule has 0 atom stereocenters. The van der Waals surface area contributed by atoms with Gasteiger partial charge in [0.15, 0.2) is 11.6 Å². The molecule has 0 spiro atoms. The van der Waals surface area contributed by atoms with Gasteiger partial charge in [0.05, 0.1) is 15.7 Å². The summed E-state index contributed by atoms with van der Waals surface area (Å²) in [6.07, 6.45) is 3.62. The summed E-state index contributed by atoms with van der Waals surface area (Å²) < 4.78 is 8.65. The van der Waals surface area contributed by atoms with E-state index in [0.717, 1.165) is 15.9 Å². The van der Waals surface area contributed by atoms with Crippen LogP contribution in [0.15, 0.2) is 52.7 Å². The van der Waals surface area contributed by atoms with Gasteiger partial charge < -0.3 is 9.52 Å². The number of benzene rings is 1. The maximum atomic E-state index is 9.10. The van der Waals surface area contributed by atoms with Crippen LogP contribution in [0, 0.1) is 0 Å². The standard InChI is InChI=1S/C15H11N3O2S/c19-8-11-2-4-13(20-11)15-16-5-6-18(15)10-1-3-12-14(7-10)21-9-17-12/h1-7,9,19H,8H2. The fourth-order valence-corrected chi connectivity index (χ4v) is 2.98. The molecule has 21 heavy (non-hydrogen) atoms. The van der Waals surface area contributed by atoms with E-state index in [0.29, 0.717) is 17.3 Å². The van der Waals surface area contributed by atoms with E-state index in [1.54, 1.807) is 23.6 Å². The van der Waals surface area contributed by atoms with Crippen molar-refractivity contribution in [1.82, 2.24) is 14.5 Å². The molecular formula is C15H11N3O2S. The monoisotopic (exact) mass is 297 g/mol. The minimum Gasteiger partial charge on any atom is -0.455 e. The fourth-order valence-electron chi connectivity index (χ4n) is 2.27. The maximum Gasteiger partial charge on any atom is 0.180 e. The number of hydrogen-bond donors (Lipinski definition) is 1. The van der Waals surface area contributed by atoms with Gasteiger partial charge in [-0.2, -0.15) is 0 Å². The molecule has 4 aromatic rings. The van der Waals surface area contributed by atoms with E-state index in [-0.39, 0.29) is 6.61 Å². The van der Waals surface area contributed by atoms with Crippen LogP contribution in [0.3, 0.4) is 0 Å². The number of rotatable bonds is 3. The highest BCUT2D eigenvalue weighted by Gasteiger charge is 2.12. The second-order valence-corrected chi connectivity index (χ2v) is 5.44. The van der Waals surface area contributed by atoms with Crippen LogP contribution in [-0.2, 0) is 6.61 Å². The molecule has 0 bridgehead atoms. The summed E-state index contributed by atoms with van der Waals surface area (Å²) in [5.41, 5.74) is 3.83.